The first-order valence-electron chi connectivity index (χ1n) is 10.3. The fourth-order valence-corrected chi connectivity index (χ4v) is 4.01. The minimum Gasteiger partial charge on any atom is -0.341 e. The molecule has 0 saturated carbocycles. The van der Waals surface area contributed by atoms with Crippen molar-refractivity contribution in [2.45, 2.75) is 25.9 Å². The molecule has 1 fully saturated rings. The van der Waals surface area contributed by atoms with E-state index in [1.807, 2.05) is 31.3 Å². The summed E-state index contributed by atoms with van der Waals surface area (Å²) < 4.78 is 18.5. The Labute approximate surface area is 185 Å². The smallest absolute Gasteiger partial charge is 0.241 e. The molecule has 0 bridgehead atoms. The van der Waals surface area contributed by atoms with Gasteiger partial charge in [-0.1, -0.05) is 28.9 Å². The van der Waals surface area contributed by atoms with Gasteiger partial charge in [0, 0.05) is 30.7 Å². The first-order chi connectivity index (χ1) is 15.0. The first-order valence-corrected chi connectivity index (χ1v) is 10.7. The van der Waals surface area contributed by atoms with Crippen LogP contribution in [0.1, 0.15) is 24.3 Å². The van der Waals surface area contributed by atoms with Gasteiger partial charge in [0.05, 0.1) is 12.5 Å². The lowest BCUT2D eigenvalue weighted by atomic mass is 9.96. The molecule has 1 aliphatic rings. The zero-order valence-corrected chi connectivity index (χ0v) is 18.1. The van der Waals surface area contributed by atoms with Crippen LogP contribution >= 0.6 is 11.6 Å². The SMILES string of the molecule is CN(Cc1ccc(Cl)cc1)C(=O)C1CCCN(Cc2nc(-c3ccc(F)cc3)no2)C1. The van der Waals surface area contributed by atoms with Crippen molar-refractivity contribution < 1.29 is 13.7 Å². The van der Waals surface area contributed by atoms with E-state index in [9.17, 15) is 9.18 Å². The monoisotopic (exact) mass is 442 g/mol. The molecule has 1 saturated heterocycles. The van der Waals surface area contributed by atoms with Crippen LogP contribution in [0.25, 0.3) is 11.4 Å². The second-order valence-corrected chi connectivity index (χ2v) is 8.35. The highest BCUT2D eigenvalue weighted by atomic mass is 35.5. The molecule has 2 aromatic carbocycles. The van der Waals surface area contributed by atoms with Gasteiger partial charge >= 0.3 is 0 Å². The highest BCUT2D eigenvalue weighted by Gasteiger charge is 2.29. The average molecular weight is 443 g/mol. The molecule has 8 heteroatoms. The van der Waals surface area contributed by atoms with Crippen LogP contribution in [0.15, 0.2) is 53.1 Å². The number of hydrogen-bond donors (Lipinski definition) is 0. The molecule has 0 N–H and O–H groups in total. The fraction of sp³-hybridized carbons (Fsp3) is 0.348. The van der Waals surface area contributed by atoms with Gasteiger partial charge in [0.15, 0.2) is 0 Å². The molecule has 0 spiro atoms. The van der Waals surface area contributed by atoms with Gasteiger partial charge in [-0.2, -0.15) is 4.98 Å². The van der Waals surface area contributed by atoms with Crippen LogP contribution in [0.2, 0.25) is 5.02 Å². The molecular formula is C23H24ClFN4O2. The zero-order valence-electron chi connectivity index (χ0n) is 17.3. The third-order valence-corrected chi connectivity index (χ3v) is 5.75. The van der Waals surface area contributed by atoms with Crippen molar-refractivity contribution in [3.63, 3.8) is 0 Å². The number of amides is 1. The third kappa shape index (κ3) is 5.48. The number of rotatable bonds is 6. The molecule has 31 heavy (non-hydrogen) atoms. The van der Waals surface area contributed by atoms with E-state index < -0.39 is 0 Å². The van der Waals surface area contributed by atoms with Crippen LogP contribution in [0, 0.1) is 11.7 Å². The summed E-state index contributed by atoms with van der Waals surface area (Å²) in [6, 6.07) is 13.5. The van der Waals surface area contributed by atoms with E-state index in [1.54, 1.807) is 17.0 Å². The summed E-state index contributed by atoms with van der Waals surface area (Å²) in [6.07, 6.45) is 1.80. The lowest BCUT2D eigenvalue weighted by molar-refractivity contribution is -0.136. The number of aromatic nitrogens is 2. The van der Waals surface area contributed by atoms with Gasteiger partial charge < -0.3 is 9.42 Å². The highest BCUT2D eigenvalue weighted by molar-refractivity contribution is 6.30. The van der Waals surface area contributed by atoms with Crippen LogP contribution in [0.3, 0.4) is 0 Å². The maximum absolute atomic E-state index is 13.1. The van der Waals surface area contributed by atoms with Gasteiger partial charge in [0.25, 0.3) is 0 Å². The summed E-state index contributed by atoms with van der Waals surface area (Å²) in [5.41, 5.74) is 1.75. The van der Waals surface area contributed by atoms with Gasteiger partial charge in [-0.05, 0) is 61.3 Å². The summed E-state index contributed by atoms with van der Waals surface area (Å²) in [5, 5.41) is 4.68. The van der Waals surface area contributed by atoms with Crippen molar-refractivity contribution in [3.8, 4) is 11.4 Å². The van der Waals surface area contributed by atoms with Gasteiger partial charge in [-0.3, -0.25) is 9.69 Å². The number of nitrogens with zero attached hydrogens (tertiary/aromatic N) is 4. The van der Waals surface area contributed by atoms with Crippen molar-refractivity contribution in [2.24, 2.45) is 5.92 Å². The number of benzene rings is 2. The normalized spacial score (nSPS) is 16.9. The van der Waals surface area contributed by atoms with Crippen molar-refractivity contribution >= 4 is 17.5 Å². The molecule has 3 aromatic rings. The van der Waals surface area contributed by atoms with Crippen LogP contribution in [-0.2, 0) is 17.9 Å². The largest absolute Gasteiger partial charge is 0.341 e. The first kappa shape index (κ1) is 21.5. The maximum atomic E-state index is 13.1. The minimum absolute atomic E-state index is 0.0643. The Bertz CT molecular complexity index is 1020. The fourth-order valence-electron chi connectivity index (χ4n) is 3.88. The standard InChI is InChI=1S/C23H24ClFN4O2/c1-28(13-16-4-8-19(24)9-5-16)23(30)18-3-2-12-29(14-18)15-21-26-22(27-31-21)17-6-10-20(25)11-7-17/h4-11,18H,2-3,12-15H2,1H3. The van der Waals surface area contributed by atoms with Crippen LogP contribution in [-0.4, -0.2) is 46.0 Å². The molecule has 4 rings (SSSR count). The highest BCUT2D eigenvalue weighted by Crippen LogP contribution is 2.22. The van der Waals surface area contributed by atoms with E-state index in [4.69, 9.17) is 16.1 Å². The Morgan fingerprint density at radius 3 is 2.71 bits per heavy atom. The number of carbonyl (C=O) groups excluding carboxylic acids is 1. The van der Waals surface area contributed by atoms with E-state index >= 15 is 0 Å². The topological polar surface area (TPSA) is 62.5 Å². The van der Waals surface area contributed by atoms with Gasteiger partial charge in [0.2, 0.25) is 17.6 Å². The predicted molar refractivity (Wildman–Crippen MR) is 116 cm³/mol. The summed E-state index contributed by atoms with van der Waals surface area (Å²) >= 11 is 5.94. The minimum atomic E-state index is -0.308. The summed E-state index contributed by atoms with van der Waals surface area (Å²) in [6.45, 7) is 2.56. The molecule has 162 valence electrons. The van der Waals surface area contributed by atoms with Crippen molar-refractivity contribution in [1.29, 1.82) is 0 Å². The third-order valence-electron chi connectivity index (χ3n) is 5.49. The average Bonchev–Trinajstić information content (AvgIpc) is 3.24. The summed E-state index contributed by atoms with van der Waals surface area (Å²) in [5.74, 6) is 0.685. The van der Waals surface area contributed by atoms with Crippen molar-refractivity contribution in [2.75, 3.05) is 20.1 Å². The van der Waals surface area contributed by atoms with Crippen molar-refractivity contribution in [1.82, 2.24) is 19.9 Å². The molecule has 1 aromatic heterocycles. The van der Waals surface area contributed by atoms with Crippen LogP contribution < -0.4 is 0 Å². The molecule has 0 aliphatic carbocycles. The van der Waals surface area contributed by atoms with E-state index in [-0.39, 0.29) is 17.6 Å². The van der Waals surface area contributed by atoms with Crippen molar-refractivity contribution in [3.05, 3.63) is 70.8 Å². The second kappa shape index (κ2) is 9.58. The number of hydrogen-bond acceptors (Lipinski definition) is 5. The molecule has 1 aliphatic heterocycles. The van der Waals surface area contributed by atoms with E-state index in [1.165, 1.54) is 12.1 Å². The Balaban J connectivity index is 1.34. The molecular weight excluding hydrogens is 419 g/mol. The lowest BCUT2D eigenvalue weighted by Crippen LogP contribution is -2.43. The molecule has 1 amide bonds. The molecule has 0 radical (unpaired) electrons. The number of carbonyl (C=O) groups is 1. The van der Waals surface area contributed by atoms with Gasteiger partial charge in [-0.25, -0.2) is 4.39 Å². The van der Waals surface area contributed by atoms with Gasteiger partial charge in [-0.15, -0.1) is 0 Å². The zero-order chi connectivity index (χ0) is 21.8. The number of likely N-dealkylation sites (tertiary alicyclic amines) is 1. The van der Waals surface area contributed by atoms with Crippen LogP contribution in [0.5, 0.6) is 0 Å². The van der Waals surface area contributed by atoms with E-state index in [0.717, 1.165) is 24.9 Å². The molecule has 6 nitrogen and oxygen atoms in total. The Kier molecular flexibility index (Phi) is 6.63. The summed E-state index contributed by atoms with van der Waals surface area (Å²) in [7, 11) is 1.84. The summed E-state index contributed by atoms with van der Waals surface area (Å²) in [4.78, 5) is 21.3. The molecule has 2 heterocycles. The van der Waals surface area contributed by atoms with E-state index in [2.05, 4.69) is 15.0 Å². The van der Waals surface area contributed by atoms with Gasteiger partial charge in [0.1, 0.15) is 5.82 Å². The van der Waals surface area contributed by atoms with E-state index in [0.29, 0.717) is 41.9 Å². The number of halogens is 2. The Hall–Kier alpha value is -2.77. The van der Waals surface area contributed by atoms with Crippen LogP contribution in [0.4, 0.5) is 4.39 Å². The molecule has 1 atom stereocenters. The predicted octanol–water partition coefficient (Wildman–Crippen LogP) is 4.40. The Morgan fingerprint density at radius 1 is 1.23 bits per heavy atom. The lowest BCUT2D eigenvalue weighted by Gasteiger charge is -2.33. The molecule has 1 unspecified atom stereocenters. The second-order valence-electron chi connectivity index (χ2n) is 7.91. The quantitative estimate of drug-likeness (QED) is 0.566. The Morgan fingerprint density at radius 2 is 1.97 bits per heavy atom. The number of piperidine rings is 1. The maximum Gasteiger partial charge on any atom is 0.241 e.